The van der Waals surface area contributed by atoms with E-state index in [9.17, 15) is 9.18 Å². The number of halogens is 1. The molecule has 3 aromatic rings. The maximum absolute atomic E-state index is 13.2. The Kier molecular flexibility index (Phi) is 4.33. The summed E-state index contributed by atoms with van der Waals surface area (Å²) in [6.45, 7) is 0. The molecule has 1 aliphatic carbocycles. The van der Waals surface area contributed by atoms with Crippen molar-refractivity contribution in [1.82, 2.24) is 9.97 Å². The molecule has 3 nitrogen and oxygen atoms in total. The van der Waals surface area contributed by atoms with Crippen LogP contribution < -0.4 is 0 Å². The lowest BCUT2D eigenvalue weighted by molar-refractivity contribution is -0.119. The number of Topliss-reactive ketones (excluding diaryl/α,β-unsaturated/α-hetero) is 1. The first kappa shape index (κ1) is 15.7. The van der Waals surface area contributed by atoms with E-state index in [0.29, 0.717) is 12.2 Å². The Bertz CT molecular complexity index is 892. The number of ketones is 1. The number of carbonyl (C=O) groups excluding carboxylic acids is 1. The number of fused-ring (bicyclic) bond motifs is 1. The maximum Gasteiger partial charge on any atom is 0.146 e. The Morgan fingerprint density at radius 1 is 1.17 bits per heavy atom. The summed E-state index contributed by atoms with van der Waals surface area (Å²) < 4.78 is 13.2. The Morgan fingerprint density at radius 3 is 2.79 bits per heavy atom. The summed E-state index contributed by atoms with van der Waals surface area (Å²) in [7, 11) is 0. The molecule has 6 heteroatoms. The largest absolute Gasteiger partial charge is 0.298 e. The Labute approximate surface area is 147 Å². The van der Waals surface area contributed by atoms with Crippen LogP contribution in [0.3, 0.4) is 0 Å². The van der Waals surface area contributed by atoms with E-state index in [4.69, 9.17) is 0 Å². The van der Waals surface area contributed by atoms with Crippen LogP contribution in [-0.4, -0.2) is 21.0 Å². The van der Waals surface area contributed by atoms with Gasteiger partial charge in [0.25, 0.3) is 0 Å². The molecule has 0 amide bonds. The third-order valence-electron chi connectivity index (χ3n) is 4.24. The summed E-state index contributed by atoms with van der Waals surface area (Å²) in [5.41, 5.74) is 1.94. The molecule has 0 saturated heterocycles. The number of rotatable bonds is 3. The van der Waals surface area contributed by atoms with Gasteiger partial charge in [0.15, 0.2) is 0 Å². The predicted octanol–water partition coefficient (Wildman–Crippen LogP) is 5.10. The molecule has 1 saturated carbocycles. The second kappa shape index (κ2) is 6.61. The lowest BCUT2D eigenvalue weighted by Gasteiger charge is -2.19. The number of hydrogen-bond acceptors (Lipinski definition) is 5. The van der Waals surface area contributed by atoms with Crippen LogP contribution >= 0.6 is 23.1 Å². The molecule has 0 aliphatic heterocycles. The van der Waals surface area contributed by atoms with Gasteiger partial charge in [-0.05, 0) is 30.5 Å². The first-order valence-corrected chi connectivity index (χ1v) is 9.66. The summed E-state index contributed by atoms with van der Waals surface area (Å²) in [4.78, 5) is 21.9. The van der Waals surface area contributed by atoms with Crippen molar-refractivity contribution in [3.63, 3.8) is 0 Å². The van der Waals surface area contributed by atoms with Crippen LogP contribution in [0.2, 0.25) is 0 Å². The molecule has 0 bridgehead atoms. The van der Waals surface area contributed by atoms with Gasteiger partial charge < -0.3 is 0 Å². The SMILES string of the molecule is O=C1CCCC[C@H]1Sc1ncnc2scc(-c3ccc(F)cc3)c12. The summed E-state index contributed by atoms with van der Waals surface area (Å²) in [6.07, 6.45) is 5.22. The molecule has 24 heavy (non-hydrogen) atoms. The average molecular weight is 358 g/mol. The van der Waals surface area contributed by atoms with Crippen LogP contribution in [0.25, 0.3) is 21.3 Å². The van der Waals surface area contributed by atoms with Crippen LogP contribution in [-0.2, 0) is 4.79 Å². The van der Waals surface area contributed by atoms with Gasteiger partial charge in [0.2, 0.25) is 0 Å². The van der Waals surface area contributed by atoms with Gasteiger partial charge in [-0.25, -0.2) is 14.4 Å². The number of aromatic nitrogens is 2. The topological polar surface area (TPSA) is 42.9 Å². The molecule has 2 heterocycles. The summed E-state index contributed by atoms with van der Waals surface area (Å²) >= 11 is 3.10. The van der Waals surface area contributed by atoms with Crippen molar-refractivity contribution in [2.45, 2.75) is 36.0 Å². The molecule has 0 radical (unpaired) electrons. The Balaban J connectivity index is 1.77. The maximum atomic E-state index is 13.2. The third-order valence-corrected chi connectivity index (χ3v) is 6.45. The van der Waals surface area contributed by atoms with E-state index in [-0.39, 0.29) is 11.1 Å². The van der Waals surface area contributed by atoms with Gasteiger partial charge in [0, 0.05) is 17.4 Å². The van der Waals surface area contributed by atoms with Crippen LogP contribution in [0, 0.1) is 5.82 Å². The van der Waals surface area contributed by atoms with Crippen LogP contribution in [0.4, 0.5) is 4.39 Å². The minimum atomic E-state index is -0.253. The van der Waals surface area contributed by atoms with E-state index in [1.54, 1.807) is 41.6 Å². The fraction of sp³-hybridized carbons (Fsp3) is 0.278. The molecule has 4 rings (SSSR count). The molecule has 1 aromatic carbocycles. The first-order valence-electron chi connectivity index (χ1n) is 7.90. The first-order chi connectivity index (χ1) is 11.7. The monoisotopic (exact) mass is 358 g/mol. The molecule has 122 valence electrons. The average Bonchev–Trinajstić information content (AvgIpc) is 3.03. The predicted molar refractivity (Wildman–Crippen MR) is 95.9 cm³/mol. The van der Waals surface area contributed by atoms with Gasteiger partial charge in [-0.2, -0.15) is 0 Å². The van der Waals surface area contributed by atoms with Crippen LogP contribution in [0.15, 0.2) is 41.0 Å². The molecule has 0 N–H and O–H groups in total. The fourth-order valence-electron chi connectivity index (χ4n) is 2.99. The highest BCUT2D eigenvalue weighted by Gasteiger charge is 2.25. The minimum Gasteiger partial charge on any atom is -0.298 e. The van der Waals surface area contributed by atoms with Crippen LogP contribution in [0.5, 0.6) is 0 Å². The molecule has 1 atom stereocenters. The summed E-state index contributed by atoms with van der Waals surface area (Å²) in [5.74, 6) is 0.0634. The standard InChI is InChI=1S/C18H15FN2OS2/c19-12-7-5-11(6-8-12)13-9-23-17-16(13)18(21-10-20-17)24-15-4-2-1-3-14(15)22/h5-10,15H,1-4H2/t15-/m1/s1. The smallest absolute Gasteiger partial charge is 0.146 e. The van der Waals surface area contributed by atoms with Crippen molar-refractivity contribution >= 4 is 39.1 Å². The molecular weight excluding hydrogens is 343 g/mol. The van der Waals surface area contributed by atoms with E-state index in [1.807, 2.05) is 5.38 Å². The number of benzene rings is 1. The normalized spacial score (nSPS) is 18.2. The highest BCUT2D eigenvalue weighted by Crippen LogP contribution is 2.40. The van der Waals surface area contributed by atoms with Crippen molar-refractivity contribution in [2.75, 3.05) is 0 Å². The zero-order chi connectivity index (χ0) is 16.5. The number of hydrogen-bond donors (Lipinski definition) is 0. The number of carbonyl (C=O) groups is 1. The van der Waals surface area contributed by atoms with Gasteiger partial charge in [-0.15, -0.1) is 11.3 Å². The number of nitrogens with zero attached hydrogens (tertiary/aromatic N) is 2. The molecule has 1 aliphatic rings. The van der Waals surface area contributed by atoms with E-state index >= 15 is 0 Å². The van der Waals surface area contributed by atoms with E-state index in [1.165, 1.54) is 12.1 Å². The Morgan fingerprint density at radius 2 is 2.00 bits per heavy atom. The highest BCUT2D eigenvalue weighted by atomic mass is 32.2. The van der Waals surface area contributed by atoms with Crippen molar-refractivity contribution < 1.29 is 9.18 Å². The van der Waals surface area contributed by atoms with E-state index in [0.717, 1.165) is 45.6 Å². The lowest BCUT2D eigenvalue weighted by Crippen LogP contribution is -2.21. The quantitative estimate of drug-likeness (QED) is 0.611. The molecule has 0 spiro atoms. The third kappa shape index (κ3) is 2.96. The molecule has 2 aromatic heterocycles. The molecule has 1 fully saturated rings. The summed E-state index contributed by atoms with van der Waals surface area (Å²) in [5, 5.41) is 3.83. The van der Waals surface area contributed by atoms with Crippen LogP contribution in [0.1, 0.15) is 25.7 Å². The lowest BCUT2D eigenvalue weighted by atomic mass is 9.99. The van der Waals surface area contributed by atoms with Gasteiger partial charge in [0.05, 0.1) is 10.6 Å². The number of thioether (sulfide) groups is 1. The van der Waals surface area contributed by atoms with Gasteiger partial charge in [-0.1, -0.05) is 30.3 Å². The summed E-state index contributed by atoms with van der Waals surface area (Å²) in [6, 6.07) is 6.45. The number of thiophene rings is 1. The van der Waals surface area contributed by atoms with Crippen molar-refractivity contribution in [1.29, 1.82) is 0 Å². The van der Waals surface area contributed by atoms with Crippen molar-refractivity contribution in [3.05, 3.63) is 41.8 Å². The second-order valence-corrected chi connectivity index (χ2v) is 7.88. The van der Waals surface area contributed by atoms with E-state index in [2.05, 4.69) is 9.97 Å². The zero-order valence-electron chi connectivity index (χ0n) is 12.9. The Hall–Kier alpha value is -1.79. The minimum absolute atomic E-state index is 0.0159. The molecular formula is C18H15FN2OS2. The fourth-order valence-corrected chi connectivity index (χ4v) is 5.21. The van der Waals surface area contributed by atoms with Crippen molar-refractivity contribution in [2.24, 2.45) is 0 Å². The van der Waals surface area contributed by atoms with Gasteiger partial charge >= 0.3 is 0 Å². The molecule has 0 unspecified atom stereocenters. The highest BCUT2D eigenvalue weighted by molar-refractivity contribution is 8.00. The second-order valence-electron chi connectivity index (χ2n) is 5.83. The van der Waals surface area contributed by atoms with Crippen molar-refractivity contribution in [3.8, 4) is 11.1 Å². The zero-order valence-corrected chi connectivity index (χ0v) is 14.5. The van der Waals surface area contributed by atoms with E-state index < -0.39 is 0 Å². The van der Waals surface area contributed by atoms with Gasteiger partial charge in [0.1, 0.15) is 27.8 Å². The van der Waals surface area contributed by atoms with Gasteiger partial charge in [-0.3, -0.25) is 4.79 Å².